The molecule has 0 radical (unpaired) electrons. The van der Waals surface area contributed by atoms with Crippen LogP contribution >= 0.6 is 0 Å². The SMILES string of the molecule is Cc1cc(C)cc(C2(C(=O)NCc3cc(C)on3)CC2)c1. The molecule has 0 saturated heterocycles. The van der Waals surface area contributed by atoms with E-state index in [4.69, 9.17) is 4.52 Å². The van der Waals surface area contributed by atoms with Gasteiger partial charge < -0.3 is 9.84 Å². The number of hydrogen-bond acceptors (Lipinski definition) is 3. The maximum absolute atomic E-state index is 12.6. The maximum Gasteiger partial charge on any atom is 0.230 e. The van der Waals surface area contributed by atoms with E-state index in [1.165, 1.54) is 11.1 Å². The number of aryl methyl sites for hydroxylation is 3. The van der Waals surface area contributed by atoms with E-state index < -0.39 is 0 Å². The van der Waals surface area contributed by atoms with Gasteiger partial charge in [0.15, 0.2) is 0 Å². The first-order valence-corrected chi connectivity index (χ1v) is 7.29. The molecule has 110 valence electrons. The second-order valence-corrected chi connectivity index (χ2v) is 6.07. The summed E-state index contributed by atoms with van der Waals surface area (Å²) in [6.45, 7) is 6.41. The smallest absolute Gasteiger partial charge is 0.230 e. The molecular formula is C17H20N2O2. The summed E-state index contributed by atoms with van der Waals surface area (Å²) in [7, 11) is 0. The second kappa shape index (κ2) is 5.02. The number of nitrogens with zero attached hydrogens (tertiary/aromatic N) is 1. The van der Waals surface area contributed by atoms with Gasteiger partial charge in [-0.1, -0.05) is 34.5 Å². The molecule has 0 atom stereocenters. The Bertz CT molecular complexity index is 664. The van der Waals surface area contributed by atoms with Crippen LogP contribution in [-0.2, 0) is 16.8 Å². The average molecular weight is 284 g/mol. The van der Waals surface area contributed by atoms with E-state index in [1.54, 1.807) is 0 Å². The van der Waals surface area contributed by atoms with Gasteiger partial charge in [-0.25, -0.2) is 0 Å². The van der Waals surface area contributed by atoms with E-state index in [-0.39, 0.29) is 11.3 Å². The molecule has 21 heavy (non-hydrogen) atoms. The highest BCUT2D eigenvalue weighted by atomic mass is 16.5. The molecule has 1 heterocycles. The molecular weight excluding hydrogens is 264 g/mol. The zero-order chi connectivity index (χ0) is 15.0. The third-order valence-corrected chi connectivity index (χ3v) is 4.07. The minimum absolute atomic E-state index is 0.0909. The summed E-state index contributed by atoms with van der Waals surface area (Å²) in [4.78, 5) is 12.6. The lowest BCUT2D eigenvalue weighted by Gasteiger charge is -2.16. The Balaban J connectivity index is 1.74. The normalized spacial score (nSPS) is 15.8. The molecule has 1 aromatic heterocycles. The van der Waals surface area contributed by atoms with E-state index >= 15 is 0 Å². The summed E-state index contributed by atoms with van der Waals surface area (Å²) in [5.74, 6) is 0.850. The van der Waals surface area contributed by atoms with Crippen molar-refractivity contribution in [2.24, 2.45) is 0 Å². The second-order valence-electron chi connectivity index (χ2n) is 6.07. The van der Waals surface area contributed by atoms with Crippen LogP contribution in [0.15, 0.2) is 28.8 Å². The van der Waals surface area contributed by atoms with Crippen molar-refractivity contribution in [2.75, 3.05) is 0 Å². The van der Waals surface area contributed by atoms with Crippen LogP contribution in [0.3, 0.4) is 0 Å². The number of nitrogens with one attached hydrogen (secondary N) is 1. The zero-order valence-corrected chi connectivity index (χ0v) is 12.7. The largest absolute Gasteiger partial charge is 0.361 e. The first-order chi connectivity index (χ1) is 9.99. The number of benzene rings is 1. The van der Waals surface area contributed by atoms with E-state index in [0.29, 0.717) is 6.54 Å². The third-order valence-electron chi connectivity index (χ3n) is 4.07. The number of carbonyl (C=O) groups is 1. The highest BCUT2D eigenvalue weighted by molar-refractivity contribution is 5.91. The van der Waals surface area contributed by atoms with E-state index in [9.17, 15) is 4.79 Å². The molecule has 2 aromatic rings. The van der Waals surface area contributed by atoms with Crippen molar-refractivity contribution in [1.29, 1.82) is 0 Å². The summed E-state index contributed by atoms with van der Waals surface area (Å²) in [5, 5.41) is 6.89. The monoisotopic (exact) mass is 284 g/mol. The van der Waals surface area contributed by atoms with E-state index in [1.807, 2.05) is 13.0 Å². The lowest BCUT2D eigenvalue weighted by atomic mass is 9.92. The molecule has 0 unspecified atom stereocenters. The molecule has 1 aliphatic carbocycles. The van der Waals surface area contributed by atoms with Crippen LogP contribution < -0.4 is 5.32 Å². The van der Waals surface area contributed by atoms with Gasteiger partial charge in [0.1, 0.15) is 11.5 Å². The molecule has 1 N–H and O–H groups in total. The van der Waals surface area contributed by atoms with E-state index in [0.717, 1.165) is 29.9 Å². The Morgan fingerprint density at radius 3 is 2.38 bits per heavy atom. The predicted octanol–water partition coefficient (Wildman–Crippen LogP) is 2.95. The lowest BCUT2D eigenvalue weighted by Crippen LogP contribution is -2.34. The Hall–Kier alpha value is -2.10. The molecule has 1 aliphatic rings. The van der Waals surface area contributed by atoms with Crippen LogP contribution in [0.1, 0.15) is 41.0 Å². The molecule has 0 bridgehead atoms. The van der Waals surface area contributed by atoms with Crippen molar-refractivity contribution >= 4 is 5.91 Å². The molecule has 1 fully saturated rings. The Labute approximate surface area is 124 Å². The van der Waals surface area contributed by atoms with Gasteiger partial charge >= 0.3 is 0 Å². The van der Waals surface area contributed by atoms with Gasteiger partial charge in [0.2, 0.25) is 5.91 Å². The molecule has 0 aliphatic heterocycles. The van der Waals surface area contributed by atoms with Gasteiger partial charge in [0.25, 0.3) is 0 Å². The first-order valence-electron chi connectivity index (χ1n) is 7.29. The van der Waals surface area contributed by atoms with Gasteiger partial charge in [-0.15, -0.1) is 0 Å². The lowest BCUT2D eigenvalue weighted by molar-refractivity contribution is -0.123. The quantitative estimate of drug-likeness (QED) is 0.939. The highest BCUT2D eigenvalue weighted by Crippen LogP contribution is 2.48. The number of aromatic nitrogens is 1. The van der Waals surface area contributed by atoms with Crippen LogP contribution in [0.4, 0.5) is 0 Å². The molecule has 0 spiro atoms. The summed E-state index contributed by atoms with van der Waals surface area (Å²) in [6, 6.07) is 8.23. The fourth-order valence-corrected chi connectivity index (χ4v) is 2.86. The van der Waals surface area contributed by atoms with Crippen molar-refractivity contribution < 1.29 is 9.32 Å². The van der Waals surface area contributed by atoms with Crippen molar-refractivity contribution in [2.45, 2.75) is 45.6 Å². The van der Waals surface area contributed by atoms with Crippen LogP contribution in [0.2, 0.25) is 0 Å². The van der Waals surface area contributed by atoms with Crippen molar-refractivity contribution in [1.82, 2.24) is 10.5 Å². The maximum atomic E-state index is 12.6. The van der Waals surface area contributed by atoms with Gasteiger partial charge in [-0.05, 0) is 39.2 Å². The Morgan fingerprint density at radius 2 is 1.86 bits per heavy atom. The summed E-state index contributed by atoms with van der Waals surface area (Å²) < 4.78 is 5.01. The van der Waals surface area contributed by atoms with Crippen LogP contribution in [0.5, 0.6) is 0 Å². The minimum Gasteiger partial charge on any atom is -0.361 e. The van der Waals surface area contributed by atoms with Crippen LogP contribution in [0.25, 0.3) is 0 Å². The van der Waals surface area contributed by atoms with E-state index in [2.05, 4.69) is 42.5 Å². The van der Waals surface area contributed by atoms with Crippen molar-refractivity contribution in [3.05, 3.63) is 52.4 Å². The highest BCUT2D eigenvalue weighted by Gasteiger charge is 2.51. The number of amides is 1. The fraction of sp³-hybridized carbons (Fsp3) is 0.412. The Morgan fingerprint density at radius 1 is 1.19 bits per heavy atom. The van der Waals surface area contributed by atoms with Crippen molar-refractivity contribution in [3.63, 3.8) is 0 Å². The molecule has 1 aromatic carbocycles. The number of hydrogen-bond donors (Lipinski definition) is 1. The molecule has 4 nitrogen and oxygen atoms in total. The standard InChI is InChI=1S/C17H20N2O2/c1-11-6-12(2)8-14(7-11)17(4-5-17)16(20)18-10-15-9-13(3)21-19-15/h6-9H,4-5,10H2,1-3H3,(H,18,20). The Kier molecular flexibility index (Phi) is 3.32. The van der Waals surface area contributed by atoms with Gasteiger partial charge in [0, 0.05) is 6.07 Å². The van der Waals surface area contributed by atoms with Crippen molar-refractivity contribution in [3.8, 4) is 0 Å². The third kappa shape index (κ3) is 2.71. The summed E-state index contributed by atoms with van der Waals surface area (Å²) in [6.07, 6.45) is 1.83. The fourth-order valence-electron chi connectivity index (χ4n) is 2.86. The van der Waals surface area contributed by atoms with Gasteiger partial charge in [-0.2, -0.15) is 0 Å². The van der Waals surface area contributed by atoms with Gasteiger partial charge in [0.05, 0.1) is 12.0 Å². The van der Waals surface area contributed by atoms with Crippen LogP contribution in [-0.4, -0.2) is 11.1 Å². The number of rotatable bonds is 4. The molecule has 1 amide bonds. The zero-order valence-electron chi connectivity index (χ0n) is 12.7. The first kappa shape index (κ1) is 13.9. The van der Waals surface area contributed by atoms with Gasteiger partial charge in [-0.3, -0.25) is 4.79 Å². The molecule has 3 rings (SSSR count). The minimum atomic E-state index is -0.338. The topological polar surface area (TPSA) is 55.1 Å². The molecule has 1 saturated carbocycles. The summed E-state index contributed by atoms with van der Waals surface area (Å²) in [5.41, 5.74) is 3.97. The molecule has 4 heteroatoms. The summed E-state index contributed by atoms with van der Waals surface area (Å²) >= 11 is 0. The number of carbonyl (C=O) groups excluding carboxylic acids is 1. The van der Waals surface area contributed by atoms with Crippen LogP contribution in [0, 0.1) is 20.8 Å². The average Bonchev–Trinajstić information content (AvgIpc) is 3.13. The predicted molar refractivity (Wildman–Crippen MR) is 79.9 cm³/mol.